The molecule has 0 saturated carbocycles. The lowest BCUT2D eigenvalue weighted by molar-refractivity contribution is -0.121. The molecule has 0 aliphatic rings. The van der Waals surface area contributed by atoms with Gasteiger partial charge in [0.2, 0.25) is 5.91 Å². The first kappa shape index (κ1) is 14.1. The van der Waals surface area contributed by atoms with Gasteiger partial charge in [-0.15, -0.1) is 11.3 Å². The molecule has 96 valence electrons. The Labute approximate surface area is 107 Å². The van der Waals surface area contributed by atoms with Crippen molar-refractivity contribution in [3.63, 3.8) is 0 Å². The standard InChI is InChI=1S/C12H21N3OS/c1-4-9(2)15-12(16)5-6-14-10(3)11-7-13-8-17-11/h7-10,14H,4-6H2,1-3H3,(H,15,16). The first-order valence-corrected chi connectivity index (χ1v) is 6.92. The van der Waals surface area contributed by atoms with Crippen LogP contribution in [0.3, 0.4) is 0 Å². The van der Waals surface area contributed by atoms with Crippen molar-refractivity contribution < 1.29 is 4.79 Å². The number of hydrogen-bond acceptors (Lipinski definition) is 4. The summed E-state index contributed by atoms with van der Waals surface area (Å²) in [4.78, 5) is 16.8. The van der Waals surface area contributed by atoms with Crippen molar-refractivity contribution >= 4 is 17.2 Å². The number of carbonyl (C=O) groups is 1. The predicted octanol–water partition coefficient (Wildman–Crippen LogP) is 2.10. The third kappa shape index (κ3) is 5.28. The van der Waals surface area contributed by atoms with E-state index in [1.807, 2.05) is 18.6 Å². The van der Waals surface area contributed by atoms with Crippen LogP contribution in [-0.4, -0.2) is 23.5 Å². The molecular formula is C12H21N3OS. The van der Waals surface area contributed by atoms with E-state index in [9.17, 15) is 4.79 Å². The van der Waals surface area contributed by atoms with Gasteiger partial charge in [0.05, 0.1) is 5.51 Å². The Bertz CT molecular complexity index is 327. The van der Waals surface area contributed by atoms with Crippen molar-refractivity contribution in [2.45, 2.75) is 45.7 Å². The molecule has 1 aromatic heterocycles. The predicted molar refractivity (Wildman–Crippen MR) is 71.0 cm³/mol. The van der Waals surface area contributed by atoms with E-state index in [1.165, 1.54) is 4.88 Å². The minimum atomic E-state index is 0.114. The summed E-state index contributed by atoms with van der Waals surface area (Å²) in [7, 11) is 0. The van der Waals surface area contributed by atoms with E-state index < -0.39 is 0 Å². The highest BCUT2D eigenvalue weighted by Crippen LogP contribution is 2.15. The van der Waals surface area contributed by atoms with Crippen LogP contribution in [0.5, 0.6) is 0 Å². The Morgan fingerprint density at radius 3 is 2.88 bits per heavy atom. The van der Waals surface area contributed by atoms with Crippen LogP contribution in [0.25, 0.3) is 0 Å². The summed E-state index contributed by atoms with van der Waals surface area (Å²) in [5, 5.41) is 6.27. The number of hydrogen-bond donors (Lipinski definition) is 2. The Kier molecular flexibility index (Phi) is 6.15. The van der Waals surface area contributed by atoms with Crippen LogP contribution < -0.4 is 10.6 Å². The Morgan fingerprint density at radius 1 is 1.53 bits per heavy atom. The number of carbonyl (C=O) groups excluding carboxylic acids is 1. The van der Waals surface area contributed by atoms with Crippen LogP contribution >= 0.6 is 11.3 Å². The molecular weight excluding hydrogens is 234 g/mol. The number of rotatable bonds is 7. The second kappa shape index (κ2) is 7.40. The molecule has 0 spiro atoms. The molecule has 0 aliphatic heterocycles. The molecule has 0 bridgehead atoms. The zero-order valence-corrected chi connectivity index (χ0v) is 11.5. The number of nitrogens with one attached hydrogen (secondary N) is 2. The molecule has 2 atom stereocenters. The van der Waals surface area contributed by atoms with Gasteiger partial charge in [0.25, 0.3) is 0 Å². The maximum atomic E-state index is 11.5. The van der Waals surface area contributed by atoms with Gasteiger partial charge in [0.1, 0.15) is 0 Å². The summed E-state index contributed by atoms with van der Waals surface area (Å²) in [5.74, 6) is 0.114. The molecule has 0 aliphatic carbocycles. The molecule has 5 heteroatoms. The molecule has 1 rings (SSSR count). The van der Waals surface area contributed by atoms with Crippen molar-refractivity contribution in [3.8, 4) is 0 Å². The van der Waals surface area contributed by atoms with Crippen molar-refractivity contribution in [2.24, 2.45) is 0 Å². The highest BCUT2D eigenvalue weighted by molar-refractivity contribution is 7.09. The van der Waals surface area contributed by atoms with Crippen LogP contribution in [0, 0.1) is 0 Å². The second-order valence-corrected chi connectivity index (χ2v) is 5.12. The van der Waals surface area contributed by atoms with Crippen LogP contribution in [0.2, 0.25) is 0 Å². The normalized spacial score (nSPS) is 14.3. The van der Waals surface area contributed by atoms with Crippen molar-refractivity contribution in [3.05, 3.63) is 16.6 Å². The molecule has 2 N–H and O–H groups in total. The van der Waals surface area contributed by atoms with Crippen LogP contribution in [-0.2, 0) is 4.79 Å². The average molecular weight is 255 g/mol. The van der Waals surface area contributed by atoms with Gasteiger partial charge in [-0.05, 0) is 20.3 Å². The SMILES string of the molecule is CCC(C)NC(=O)CCNC(C)c1cncs1. The highest BCUT2D eigenvalue weighted by Gasteiger charge is 2.08. The number of thiazole rings is 1. The van der Waals surface area contributed by atoms with E-state index >= 15 is 0 Å². The molecule has 0 radical (unpaired) electrons. The van der Waals surface area contributed by atoms with E-state index in [2.05, 4.69) is 29.5 Å². The van der Waals surface area contributed by atoms with E-state index in [4.69, 9.17) is 0 Å². The van der Waals surface area contributed by atoms with Gasteiger partial charge in [-0.3, -0.25) is 9.78 Å². The van der Waals surface area contributed by atoms with E-state index in [0.29, 0.717) is 13.0 Å². The van der Waals surface area contributed by atoms with Gasteiger partial charge >= 0.3 is 0 Å². The second-order valence-electron chi connectivity index (χ2n) is 4.21. The summed E-state index contributed by atoms with van der Waals surface area (Å²) in [6.45, 7) is 6.86. The van der Waals surface area contributed by atoms with Crippen molar-refractivity contribution in [1.82, 2.24) is 15.6 Å². The smallest absolute Gasteiger partial charge is 0.221 e. The van der Waals surface area contributed by atoms with Gasteiger partial charge in [0.15, 0.2) is 0 Å². The van der Waals surface area contributed by atoms with Crippen molar-refractivity contribution in [1.29, 1.82) is 0 Å². The molecule has 4 nitrogen and oxygen atoms in total. The quantitative estimate of drug-likeness (QED) is 0.784. The van der Waals surface area contributed by atoms with E-state index in [0.717, 1.165) is 6.42 Å². The average Bonchev–Trinajstić information content (AvgIpc) is 2.82. The maximum Gasteiger partial charge on any atom is 0.221 e. The van der Waals surface area contributed by atoms with Gasteiger partial charge in [-0.1, -0.05) is 6.92 Å². The lowest BCUT2D eigenvalue weighted by atomic mass is 10.2. The Balaban J connectivity index is 2.17. The molecule has 1 aromatic rings. The molecule has 1 heterocycles. The van der Waals surface area contributed by atoms with Crippen LogP contribution in [0.15, 0.2) is 11.7 Å². The zero-order chi connectivity index (χ0) is 12.7. The minimum absolute atomic E-state index is 0.114. The summed E-state index contributed by atoms with van der Waals surface area (Å²) in [6, 6.07) is 0.528. The molecule has 0 fully saturated rings. The van der Waals surface area contributed by atoms with Gasteiger partial charge in [-0.2, -0.15) is 0 Å². The summed E-state index contributed by atoms with van der Waals surface area (Å²) >= 11 is 1.63. The topological polar surface area (TPSA) is 54.0 Å². The fraction of sp³-hybridized carbons (Fsp3) is 0.667. The van der Waals surface area contributed by atoms with E-state index in [1.54, 1.807) is 11.3 Å². The Hall–Kier alpha value is -0.940. The number of amides is 1. The highest BCUT2D eigenvalue weighted by atomic mass is 32.1. The van der Waals surface area contributed by atoms with Crippen LogP contribution in [0.4, 0.5) is 0 Å². The molecule has 1 amide bonds. The third-order valence-electron chi connectivity index (χ3n) is 2.70. The van der Waals surface area contributed by atoms with Crippen LogP contribution in [0.1, 0.15) is 44.5 Å². The summed E-state index contributed by atoms with van der Waals surface area (Å²) < 4.78 is 0. The van der Waals surface area contributed by atoms with E-state index in [-0.39, 0.29) is 18.0 Å². The monoisotopic (exact) mass is 255 g/mol. The number of nitrogens with zero attached hydrogens (tertiary/aromatic N) is 1. The maximum absolute atomic E-state index is 11.5. The zero-order valence-electron chi connectivity index (χ0n) is 10.7. The lowest BCUT2D eigenvalue weighted by Crippen LogP contribution is -2.34. The first-order chi connectivity index (χ1) is 8.13. The fourth-order valence-electron chi connectivity index (χ4n) is 1.39. The van der Waals surface area contributed by atoms with Gasteiger partial charge in [0, 0.05) is 36.1 Å². The molecule has 0 aromatic carbocycles. The lowest BCUT2D eigenvalue weighted by Gasteiger charge is -2.13. The first-order valence-electron chi connectivity index (χ1n) is 6.04. The largest absolute Gasteiger partial charge is 0.354 e. The molecule has 2 unspecified atom stereocenters. The molecule has 0 saturated heterocycles. The van der Waals surface area contributed by atoms with Gasteiger partial charge < -0.3 is 10.6 Å². The van der Waals surface area contributed by atoms with Gasteiger partial charge in [-0.25, -0.2) is 0 Å². The third-order valence-corrected chi connectivity index (χ3v) is 3.66. The summed E-state index contributed by atoms with van der Waals surface area (Å²) in [6.07, 6.45) is 3.35. The number of aromatic nitrogens is 1. The molecule has 17 heavy (non-hydrogen) atoms. The van der Waals surface area contributed by atoms with Crippen molar-refractivity contribution in [2.75, 3.05) is 6.54 Å². The Morgan fingerprint density at radius 2 is 2.29 bits per heavy atom. The fourth-order valence-corrected chi connectivity index (χ4v) is 2.04. The summed E-state index contributed by atoms with van der Waals surface area (Å²) in [5.41, 5.74) is 1.82. The minimum Gasteiger partial charge on any atom is -0.354 e.